The first-order valence-electron chi connectivity index (χ1n) is 6.42. The summed E-state index contributed by atoms with van der Waals surface area (Å²) in [7, 11) is 3.48. The highest BCUT2D eigenvalue weighted by Gasteiger charge is 2.24. The fraction of sp³-hybridized carbons (Fsp3) is 0.200. The number of carbonyl (C=O) groups is 1. The van der Waals surface area contributed by atoms with E-state index in [0.717, 1.165) is 11.2 Å². The van der Waals surface area contributed by atoms with Gasteiger partial charge < -0.3 is 9.67 Å². The molecule has 2 aromatic heterocycles. The van der Waals surface area contributed by atoms with Gasteiger partial charge in [0.15, 0.2) is 0 Å². The highest BCUT2D eigenvalue weighted by molar-refractivity contribution is 6.03. The Morgan fingerprint density at radius 1 is 1.33 bits per heavy atom. The Bertz CT molecular complexity index is 877. The van der Waals surface area contributed by atoms with Gasteiger partial charge in [0.1, 0.15) is 11.4 Å². The number of carboxylic acid groups (broad SMARTS) is 1. The monoisotopic (exact) mass is 287 g/mol. The molecule has 1 aromatic carbocycles. The van der Waals surface area contributed by atoms with Gasteiger partial charge in [-0.15, -0.1) is 0 Å². The highest BCUT2D eigenvalue weighted by atomic mass is 19.1. The fourth-order valence-corrected chi connectivity index (χ4v) is 2.75. The summed E-state index contributed by atoms with van der Waals surface area (Å²) in [5.74, 6) is -1.45. The first kappa shape index (κ1) is 13.4. The van der Waals surface area contributed by atoms with Crippen LogP contribution in [0.3, 0.4) is 0 Å². The summed E-state index contributed by atoms with van der Waals surface area (Å²) in [6.07, 6.45) is 1.29. The van der Waals surface area contributed by atoms with Crippen LogP contribution in [0.5, 0.6) is 0 Å². The van der Waals surface area contributed by atoms with Gasteiger partial charge >= 0.3 is 5.97 Å². The third kappa shape index (κ3) is 1.75. The molecule has 0 fully saturated rings. The summed E-state index contributed by atoms with van der Waals surface area (Å²) < 4.78 is 17.6. The number of carboxylic acids is 1. The molecule has 0 aliphatic rings. The van der Waals surface area contributed by atoms with Crippen molar-refractivity contribution in [1.29, 1.82) is 0 Å². The molecule has 0 saturated heterocycles. The molecule has 2 heterocycles. The van der Waals surface area contributed by atoms with E-state index >= 15 is 0 Å². The van der Waals surface area contributed by atoms with Crippen LogP contribution in [0.25, 0.3) is 22.2 Å². The molecule has 108 valence electrons. The van der Waals surface area contributed by atoms with Gasteiger partial charge in [0.25, 0.3) is 0 Å². The lowest BCUT2D eigenvalue weighted by Crippen LogP contribution is -2.02. The molecule has 0 aliphatic heterocycles. The molecule has 0 saturated carbocycles. The van der Waals surface area contributed by atoms with Gasteiger partial charge in [-0.25, -0.2) is 9.18 Å². The molecule has 6 heteroatoms. The van der Waals surface area contributed by atoms with Crippen LogP contribution >= 0.6 is 0 Å². The standard InChI is InChI=1S/C15H14FN3O2/c1-8-12(14-9(15(20)21)7-17-19(14)3)13-10(16)5-4-6-11(13)18(8)2/h4-7H,1-3H3,(H,20,21). The van der Waals surface area contributed by atoms with Crippen LogP contribution in [-0.2, 0) is 14.1 Å². The van der Waals surface area contributed by atoms with Crippen LogP contribution in [0.2, 0.25) is 0 Å². The van der Waals surface area contributed by atoms with E-state index in [1.807, 2.05) is 24.6 Å². The SMILES string of the molecule is Cc1c(-c2c(C(=O)O)cnn2C)c2c(F)cccc2n1C. The number of aromatic carboxylic acids is 1. The van der Waals surface area contributed by atoms with Gasteiger partial charge in [0, 0.05) is 30.7 Å². The Labute approximate surface area is 120 Å². The van der Waals surface area contributed by atoms with E-state index in [1.165, 1.54) is 16.9 Å². The van der Waals surface area contributed by atoms with Crippen molar-refractivity contribution in [3.05, 3.63) is 41.5 Å². The minimum absolute atomic E-state index is 0.0661. The summed E-state index contributed by atoms with van der Waals surface area (Å²) in [6.45, 7) is 1.84. The van der Waals surface area contributed by atoms with Crippen molar-refractivity contribution in [1.82, 2.24) is 14.3 Å². The second-order valence-corrected chi connectivity index (χ2v) is 4.99. The molecule has 0 amide bonds. The largest absolute Gasteiger partial charge is 0.478 e. The Morgan fingerprint density at radius 3 is 2.71 bits per heavy atom. The number of hydrogen-bond donors (Lipinski definition) is 1. The first-order chi connectivity index (χ1) is 9.93. The van der Waals surface area contributed by atoms with Crippen molar-refractivity contribution < 1.29 is 14.3 Å². The molecule has 21 heavy (non-hydrogen) atoms. The molecule has 3 aromatic rings. The zero-order valence-electron chi connectivity index (χ0n) is 11.9. The quantitative estimate of drug-likeness (QED) is 0.788. The second kappa shape index (κ2) is 4.44. The average Bonchev–Trinajstić information content (AvgIpc) is 2.92. The van der Waals surface area contributed by atoms with Crippen molar-refractivity contribution >= 4 is 16.9 Å². The van der Waals surface area contributed by atoms with Crippen molar-refractivity contribution in [3.63, 3.8) is 0 Å². The minimum atomic E-state index is -1.08. The predicted octanol–water partition coefficient (Wildman–Crippen LogP) is 2.72. The second-order valence-electron chi connectivity index (χ2n) is 4.99. The van der Waals surface area contributed by atoms with E-state index in [1.54, 1.807) is 13.1 Å². The van der Waals surface area contributed by atoms with Crippen molar-refractivity contribution in [2.45, 2.75) is 6.92 Å². The van der Waals surface area contributed by atoms with E-state index in [0.29, 0.717) is 16.6 Å². The van der Waals surface area contributed by atoms with Crippen LogP contribution in [0.1, 0.15) is 16.1 Å². The Balaban J connectivity index is 2.50. The molecular formula is C15H14FN3O2. The molecule has 3 rings (SSSR count). The van der Waals surface area contributed by atoms with Crippen LogP contribution < -0.4 is 0 Å². The minimum Gasteiger partial charge on any atom is -0.478 e. The predicted molar refractivity (Wildman–Crippen MR) is 76.8 cm³/mol. The number of halogens is 1. The number of nitrogens with zero attached hydrogens (tertiary/aromatic N) is 3. The van der Waals surface area contributed by atoms with Crippen LogP contribution in [0.4, 0.5) is 4.39 Å². The van der Waals surface area contributed by atoms with Crippen molar-refractivity contribution in [2.24, 2.45) is 14.1 Å². The number of rotatable bonds is 2. The molecule has 0 bridgehead atoms. The molecule has 0 unspecified atom stereocenters. The molecule has 0 radical (unpaired) electrons. The van der Waals surface area contributed by atoms with E-state index in [-0.39, 0.29) is 11.4 Å². The summed E-state index contributed by atoms with van der Waals surface area (Å²) in [6, 6.07) is 4.83. The highest BCUT2D eigenvalue weighted by Crippen LogP contribution is 2.36. The number of aryl methyl sites for hydroxylation is 2. The lowest BCUT2D eigenvalue weighted by Gasteiger charge is -2.06. The summed E-state index contributed by atoms with van der Waals surface area (Å²) >= 11 is 0. The van der Waals surface area contributed by atoms with Crippen LogP contribution in [-0.4, -0.2) is 25.4 Å². The van der Waals surface area contributed by atoms with Gasteiger partial charge in [-0.3, -0.25) is 4.68 Å². The third-order valence-electron chi connectivity index (χ3n) is 3.87. The van der Waals surface area contributed by atoms with Gasteiger partial charge in [-0.1, -0.05) is 6.07 Å². The van der Waals surface area contributed by atoms with Crippen LogP contribution in [0, 0.1) is 12.7 Å². The van der Waals surface area contributed by atoms with Gasteiger partial charge in [-0.2, -0.15) is 5.10 Å². The molecule has 5 nitrogen and oxygen atoms in total. The Kier molecular flexibility index (Phi) is 2.83. The van der Waals surface area contributed by atoms with E-state index in [9.17, 15) is 14.3 Å². The molecule has 0 atom stereocenters. The maximum absolute atomic E-state index is 14.3. The number of hydrogen-bond acceptors (Lipinski definition) is 2. The van der Waals surface area contributed by atoms with E-state index < -0.39 is 5.97 Å². The number of aromatic nitrogens is 3. The zero-order chi connectivity index (χ0) is 15.3. The number of benzene rings is 1. The lowest BCUT2D eigenvalue weighted by atomic mass is 10.0. The Hall–Kier alpha value is -2.63. The van der Waals surface area contributed by atoms with Gasteiger partial charge in [0.05, 0.1) is 17.4 Å². The fourth-order valence-electron chi connectivity index (χ4n) is 2.75. The topological polar surface area (TPSA) is 60.0 Å². The lowest BCUT2D eigenvalue weighted by molar-refractivity contribution is 0.0697. The normalized spacial score (nSPS) is 11.2. The van der Waals surface area contributed by atoms with Crippen molar-refractivity contribution in [2.75, 3.05) is 0 Å². The van der Waals surface area contributed by atoms with Gasteiger partial charge in [0.2, 0.25) is 0 Å². The summed E-state index contributed by atoms with van der Waals surface area (Å²) in [4.78, 5) is 11.4. The van der Waals surface area contributed by atoms with Crippen molar-refractivity contribution in [3.8, 4) is 11.3 Å². The smallest absolute Gasteiger partial charge is 0.339 e. The number of fused-ring (bicyclic) bond motifs is 1. The van der Waals surface area contributed by atoms with Crippen LogP contribution in [0.15, 0.2) is 24.4 Å². The zero-order valence-corrected chi connectivity index (χ0v) is 11.9. The molecular weight excluding hydrogens is 273 g/mol. The third-order valence-corrected chi connectivity index (χ3v) is 3.87. The summed E-state index contributed by atoms with van der Waals surface area (Å²) in [5, 5.41) is 13.8. The van der Waals surface area contributed by atoms with Gasteiger partial charge in [-0.05, 0) is 19.1 Å². The van der Waals surface area contributed by atoms with E-state index in [2.05, 4.69) is 5.10 Å². The first-order valence-corrected chi connectivity index (χ1v) is 6.42. The molecule has 0 aliphatic carbocycles. The average molecular weight is 287 g/mol. The Morgan fingerprint density at radius 2 is 2.05 bits per heavy atom. The summed E-state index contributed by atoms with van der Waals surface area (Å²) in [5.41, 5.74) is 2.57. The van der Waals surface area contributed by atoms with E-state index in [4.69, 9.17) is 0 Å². The molecule has 0 spiro atoms. The maximum atomic E-state index is 14.3. The maximum Gasteiger partial charge on any atom is 0.339 e. The molecule has 1 N–H and O–H groups in total.